The van der Waals surface area contributed by atoms with E-state index in [-0.39, 0.29) is 0 Å². The van der Waals surface area contributed by atoms with Crippen molar-refractivity contribution in [3.63, 3.8) is 0 Å². The van der Waals surface area contributed by atoms with Gasteiger partial charge in [0, 0.05) is 21.5 Å². The van der Waals surface area contributed by atoms with Gasteiger partial charge in [0.05, 0.1) is 11.1 Å². The number of anilines is 1. The fourth-order valence-corrected chi connectivity index (χ4v) is 6.08. The summed E-state index contributed by atoms with van der Waals surface area (Å²) >= 11 is 1.38. The van der Waals surface area contributed by atoms with Crippen LogP contribution in [0.3, 0.4) is 0 Å². The summed E-state index contributed by atoms with van der Waals surface area (Å²) in [5.41, 5.74) is 10.8. The maximum Gasteiger partial charge on any atom is 0.338 e. The van der Waals surface area contributed by atoms with Crippen LogP contribution in [0.2, 0.25) is 0 Å². The molecular formula is C24H25N3O4S. The Kier molecular flexibility index (Phi) is 5.25. The van der Waals surface area contributed by atoms with Gasteiger partial charge in [0.1, 0.15) is 5.00 Å². The maximum atomic E-state index is 12.8. The molecule has 0 saturated carbocycles. The number of H-pyrrole nitrogens is 1. The van der Waals surface area contributed by atoms with Crippen LogP contribution in [0.5, 0.6) is 0 Å². The molecule has 32 heavy (non-hydrogen) atoms. The molecule has 8 heteroatoms. The standard InChI is InChI=1S/C24H25N3O4S/c1-12(22(29)27-23-20(21(25)28)15-6-4-8-19(15)32-23)31-24(30)13-9-10-18-16(11-13)14-5-2-3-7-17(14)26-18/h9-12,26H,2-8H2,1H3,(H2,25,28)(H,27,29). The van der Waals surface area contributed by atoms with Gasteiger partial charge in [-0.05, 0) is 81.2 Å². The summed E-state index contributed by atoms with van der Waals surface area (Å²) in [6.45, 7) is 1.52. The number of aromatic nitrogens is 1. The number of rotatable bonds is 5. The molecule has 2 aliphatic carbocycles. The molecule has 0 radical (unpaired) electrons. The number of thiophene rings is 1. The first kappa shape index (κ1) is 20.8. The van der Waals surface area contributed by atoms with E-state index < -0.39 is 23.9 Å². The van der Waals surface area contributed by atoms with Crippen LogP contribution in [-0.4, -0.2) is 28.9 Å². The van der Waals surface area contributed by atoms with Crippen molar-refractivity contribution in [2.24, 2.45) is 5.73 Å². The van der Waals surface area contributed by atoms with E-state index in [0.29, 0.717) is 16.1 Å². The number of fused-ring (bicyclic) bond motifs is 4. The summed E-state index contributed by atoms with van der Waals surface area (Å²) in [5.74, 6) is -1.59. The Morgan fingerprint density at radius 1 is 1.09 bits per heavy atom. The third-order valence-corrected chi connectivity index (χ3v) is 7.60. The highest BCUT2D eigenvalue weighted by atomic mass is 32.1. The number of nitrogens with one attached hydrogen (secondary N) is 2. The lowest BCUT2D eigenvalue weighted by Gasteiger charge is -2.14. The number of aromatic amines is 1. The minimum absolute atomic E-state index is 0.386. The molecule has 0 saturated heterocycles. The molecule has 1 atom stereocenters. The zero-order valence-corrected chi connectivity index (χ0v) is 18.7. The molecule has 5 rings (SSSR count). The summed E-state index contributed by atoms with van der Waals surface area (Å²) < 4.78 is 5.44. The molecule has 0 bridgehead atoms. The third-order valence-electron chi connectivity index (χ3n) is 6.39. The van der Waals surface area contributed by atoms with Crippen molar-refractivity contribution in [1.82, 2.24) is 4.98 Å². The second kappa shape index (κ2) is 8.09. The van der Waals surface area contributed by atoms with Crippen LogP contribution in [0.25, 0.3) is 10.9 Å². The highest BCUT2D eigenvalue weighted by Crippen LogP contribution is 2.39. The smallest absolute Gasteiger partial charge is 0.338 e. The van der Waals surface area contributed by atoms with Crippen LogP contribution >= 0.6 is 11.3 Å². The van der Waals surface area contributed by atoms with Crippen molar-refractivity contribution >= 4 is 45.0 Å². The van der Waals surface area contributed by atoms with Gasteiger partial charge in [-0.2, -0.15) is 0 Å². The largest absolute Gasteiger partial charge is 0.449 e. The first-order valence-corrected chi connectivity index (χ1v) is 11.8. The Hall–Kier alpha value is -3.13. The molecule has 0 aliphatic heterocycles. The Morgan fingerprint density at radius 3 is 2.69 bits per heavy atom. The van der Waals surface area contributed by atoms with E-state index in [1.165, 1.54) is 35.9 Å². The Morgan fingerprint density at radius 2 is 1.88 bits per heavy atom. The quantitative estimate of drug-likeness (QED) is 0.511. The summed E-state index contributed by atoms with van der Waals surface area (Å²) in [6.07, 6.45) is 5.98. The summed E-state index contributed by atoms with van der Waals surface area (Å²) in [7, 11) is 0. The second-order valence-corrected chi connectivity index (χ2v) is 9.62. The van der Waals surface area contributed by atoms with Gasteiger partial charge in [-0.3, -0.25) is 9.59 Å². The lowest BCUT2D eigenvalue weighted by Crippen LogP contribution is -2.30. The fraction of sp³-hybridized carbons (Fsp3) is 0.375. The Bertz CT molecular complexity index is 1260. The van der Waals surface area contributed by atoms with Gasteiger partial charge in [0.2, 0.25) is 0 Å². The van der Waals surface area contributed by atoms with E-state index in [1.807, 2.05) is 12.1 Å². The SMILES string of the molecule is CC(OC(=O)c1ccc2[nH]c3c(c2c1)CCCC3)C(=O)Nc1sc2c(c1C(N)=O)CCC2. The zero-order chi connectivity index (χ0) is 22.4. The van der Waals surface area contributed by atoms with Crippen molar-refractivity contribution < 1.29 is 19.1 Å². The number of esters is 1. The third kappa shape index (κ3) is 3.58. The first-order chi connectivity index (χ1) is 15.4. The Labute approximate surface area is 189 Å². The number of carbonyl (C=O) groups is 3. The predicted octanol–water partition coefficient (Wildman–Crippen LogP) is 3.88. The number of ether oxygens (including phenoxy) is 1. The van der Waals surface area contributed by atoms with Gasteiger partial charge in [0.25, 0.3) is 11.8 Å². The van der Waals surface area contributed by atoms with Gasteiger partial charge in [0.15, 0.2) is 6.10 Å². The van der Waals surface area contributed by atoms with E-state index >= 15 is 0 Å². The van der Waals surface area contributed by atoms with Crippen LogP contribution in [0.15, 0.2) is 18.2 Å². The van der Waals surface area contributed by atoms with E-state index in [2.05, 4.69) is 10.3 Å². The van der Waals surface area contributed by atoms with Crippen molar-refractivity contribution in [2.75, 3.05) is 5.32 Å². The number of primary amides is 1. The summed E-state index contributed by atoms with van der Waals surface area (Å²) in [5, 5.41) is 4.23. The van der Waals surface area contributed by atoms with Crippen LogP contribution in [0.1, 0.15) is 68.6 Å². The van der Waals surface area contributed by atoms with Gasteiger partial charge in [-0.25, -0.2) is 4.79 Å². The molecule has 0 fully saturated rings. The van der Waals surface area contributed by atoms with Gasteiger partial charge in [-0.1, -0.05) is 0 Å². The van der Waals surface area contributed by atoms with E-state index in [0.717, 1.165) is 59.9 Å². The van der Waals surface area contributed by atoms with Gasteiger partial charge >= 0.3 is 5.97 Å². The number of nitrogens with two attached hydrogens (primary N) is 1. The van der Waals surface area contributed by atoms with Crippen molar-refractivity contribution in [2.45, 2.75) is 58.0 Å². The fourth-order valence-electron chi connectivity index (χ4n) is 4.78. The van der Waals surface area contributed by atoms with Crippen LogP contribution < -0.4 is 11.1 Å². The van der Waals surface area contributed by atoms with Crippen molar-refractivity contribution in [3.05, 3.63) is 51.0 Å². The van der Waals surface area contributed by atoms with Crippen LogP contribution in [0.4, 0.5) is 5.00 Å². The summed E-state index contributed by atoms with van der Waals surface area (Å²) in [4.78, 5) is 41.9. The van der Waals surface area contributed by atoms with Crippen molar-refractivity contribution in [1.29, 1.82) is 0 Å². The first-order valence-electron chi connectivity index (χ1n) is 11.0. The highest BCUT2D eigenvalue weighted by Gasteiger charge is 2.28. The van der Waals surface area contributed by atoms with Gasteiger partial charge in [-0.15, -0.1) is 11.3 Å². The molecule has 2 aliphatic rings. The minimum Gasteiger partial charge on any atom is -0.449 e. The number of aryl methyl sites for hydroxylation is 3. The van der Waals surface area contributed by atoms with Crippen molar-refractivity contribution in [3.8, 4) is 0 Å². The van der Waals surface area contributed by atoms with Crippen LogP contribution in [0, 0.1) is 0 Å². The predicted molar refractivity (Wildman–Crippen MR) is 123 cm³/mol. The summed E-state index contributed by atoms with van der Waals surface area (Å²) in [6, 6.07) is 5.45. The number of hydrogen-bond acceptors (Lipinski definition) is 5. The van der Waals surface area contributed by atoms with E-state index in [1.54, 1.807) is 6.07 Å². The maximum absolute atomic E-state index is 12.8. The molecular weight excluding hydrogens is 426 g/mol. The highest BCUT2D eigenvalue weighted by molar-refractivity contribution is 7.17. The number of benzene rings is 1. The number of hydrogen-bond donors (Lipinski definition) is 3. The number of carbonyl (C=O) groups excluding carboxylic acids is 3. The topological polar surface area (TPSA) is 114 Å². The molecule has 2 aromatic heterocycles. The molecule has 3 aromatic rings. The molecule has 1 unspecified atom stereocenters. The zero-order valence-electron chi connectivity index (χ0n) is 17.9. The monoisotopic (exact) mass is 451 g/mol. The molecule has 0 spiro atoms. The average molecular weight is 452 g/mol. The molecule has 2 amide bonds. The van der Waals surface area contributed by atoms with E-state index in [4.69, 9.17) is 10.5 Å². The molecule has 166 valence electrons. The normalized spacial score (nSPS) is 15.8. The molecule has 1 aromatic carbocycles. The lowest BCUT2D eigenvalue weighted by atomic mass is 9.95. The molecule has 2 heterocycles. The Balaban J connectivity index is 1.31. The molecule has 4 N–H and O–H groups in total. The van der Waals surface area contributed by atoms with Crippen LogP contribution in [-0.2, 0) is 35.2 Å². The minimum atomic E-state index is -1.02. The average Bonchev–Trinajstić information content (AvgIpc) is 3.45. The van der Waals surface area contributed by atoms with E-state index in [9.17, 15) is 14.4 Å². The number of amides is 2. The van der Waals surface area contributed by atoms with Gasteiger partial charge < -0.3 is 20.8 Å². The molecule has 7 nitrogen and oxygen atoms in total. The second-order valence-electron chi connectivity index (χ2n) is 8.51. The lowest BCUT2D eigenvalue weighted by molar-refractivity contribution is -0.123.